The lowest BCUT2D eigenvalue weighted by Crippen LogP contribution is -2.56. The van der Waals surface area contributed by atoms with E-state index in [2.05, 4.69) is 4.74 Å². The Morgan fingerprint density at radius 3 is 2.47 bits per heavy atom. The van der Waals surface area contributed by atoms with Crippen LogP contribution in [0.5, 0.6) is 5.75 Å². The van der Waals surface area contributed by atoms with Crippen LogP contribution in [0.4, 0.5) is 18.9 Å². The Hall–Kier alpha value is -2.82. The van der Waals surface area contributed by atoms with Crippen LogP contribution in [0.1, 0.15) is 27.7 Å². The molecule has 1 aromatic carbocycles. The quantitative estimate of drug-likeness (QED) is 0.659. The summed E-state index contributed by atoms with van der Waals surface area (Å²) < 4.78 is 56.9. The lowest BCUT2D eigenvalue weighted by molar-refractivity contribution is -0.274. The Morgan fingerprint density at radius 2 is 1.90 bits per heavy atom. The molecule has 0 N–H and O–H groups in total. The molecule has 1 amide bonds. The number of rotatable bonds is 5. The molecule has 1 fully saturated rings. The number of hydrogen-bond acceptors (Lipinski definition) is 7. The van der Waals surface area contributed by atoms with Crippen molar-refractivity contribution >= 4 is 23.5 Å². The van der Waals surface area contributed by atoms with Gasteiger partial charge >= 0.3 is 18.3 Å². The molecule has 11 heteroatoms. The van der Waals surface area contributed by atoms with E-state index in [1.165, 1.54) is 12.1 Å². The zero-order valence-corrected chi connectivity index (χ0v) is 16.8. The van der Waals surface area contributed by atoms with Crippen LogP contribution in [0.2, 0.25) is 0 Å². The number of amides is 1. The maximum Gasteiger partial charge on any atom is 0.573 e. The third-order valence-electron chi connectivity index (χ3n) is 3.69. The molecule has 30 heavy (non-hydrogen) atoms. The number of halogens is 3. The van der Waals surface area contributed by atoms with Crippen LogP contribution in [0.15, 0.2) is 24.3 Å². The van der Waals surface area contributed by atoms with Gasteiger partial charge in [0, 0.05) is 25.2 Å². The number of nitrogens with zero attached hydrogens (tertiary/aromatic N) is 1. The largest absolute Gasteiger partial charge is 0.573 e. The van der Waals surface area contributed by atoms with E-state index < -0.39 is 47.8 Å². The zero-order valence-electron chi connectivity index (χ0n) is 16.8. The molecule has 0 unspecified atom stereocenters. The van der Waals surface area contributed by atoms with Gasteiger partial charge in [0.05, 0.1) is 6.61 Å². The summed E-state index contributed by atoms with van der Waals surface area (Å²) in [6, 6.07) is 4.80. The van der Waals surface area contributed by atoms with Crippen molar-refractivity contribution in [2.24, 2.45) is 0 Å². The number of benzene rings is 1. The van der Waals surface area contributed by atoms with E-state index in [0.717, 1.165) is 24.0 Å². The fraction of sp³-hybridized carbons (Fsp3) is 0.526. The first-order valence-electron chi connectivity index (χ1n) is 8.96. The molecule has 1 saturated heterocycles. The standard InChI is InChI=1S/C19H22F3NO7/c1-11(24)28-15(17(26)30-18(2,3)4)14-16(25)23(8-9-27-14)12-6-5-7-13(10-12)29-19(20,21)22/h5-7,10,14-15H,8-9H2,1-4H3/t14-,15-/m1/s1. The summed E-state index contributed by atoms with van der Waals surface area (Å²) in [6.45, 7) is 5.79. The van der Waals surface area contributed by atoms with Gasteiger partial charge in [0.25, 0.3) is 5.91 Å². The first-order chi connectivity index (χ1) is 13.8. The van der Waals surface area contributed by atoms with Crippen molar-refractivity contribution in [1.82, 2.24) is 0 Å². The average molecular weight is 433 g/mol. The topological polar surface area (TPSA) is 91.4 Å². The molecule has 0 saturated carbocycles. The number of carbonyl (C=O) groups excluding carboxylic acids is 3. The third-order valence-corrected chi connectivity index (χ3v) is 3.69. The highest BCUT2D eigenvalue weighted by atomic mass is 19.4. The number of alkyl halides is 3. The molecular weight excluding hydrogens is 411 g/mol. The zero-order chi connectivity index (χ0) is 22.7. The van der Waals surface area contributed by atoms with Crippen LogP contribution in [-0.4, -0.2) is 55.2 Å². The summed E-state index contributed by atoms with van der Waals surface area (Å²) in [5.41, 5.74) is -0.823. The van der Waals surface area contributed by atoms with Gasteiger partial charge in [0.1, 0.15) is 11.4 Å². The fourth-order valence-electron chi connectivity index (χ4n) is 2.70. The minimum atomic E-state index is -4.90. The molecule has 1 aromatic rings. The first-order valence-corrected chi connectivity index (χ1v) is 8.96. The molecule has 2 atom stereocenters. The maximum absolute atomic E-state index is 13.0. The van der Waals surface area contributed by atoms with Gasteiger partial charge in [-0.05, 0) is 32.9 Å². The number of anilines is 1. The Balaban J connectivity index is 2.28. The van der Waals surface area contributed by atoms with Gasteiger partial charge < -0.3 is 23.8 Å². The Labute approximate surface area is 170 Å². The van der Waals surface area contributed by atoms with Crippen LogP contribution < -0.4 is 9.64 Å². The molecule has 1 aliphatic rings. The maximum atomic E-state index is 13.0. The summed E-state index contributed by atoms with van der Waals surface area (Å²) in [5.74, 6) is -3.10. The van der Waals surface area contributed by atoms with Crippen molar-refractivity contribution < 1.29 is 46.5 Å². The number of hydrogen-bond donors (Lipinski definition) is 0. The molecule has 0 aromatic heterocycles. The molecule has 1 aliphatic heterocycles. The molecule has 0 aliphatic carbocycles. The lowest BCUT2D eigenvalue weighted by Gasteiger charge is -2.35. The van der Waals surface area contributed by atoms with Gasteiger partial charge in [-0.25, -0.2) is 4.79 Å². The van der Waals surface area contributed by atoms with Gasteiger partial charge in [-0.2, -0.15) is 0 Å². The fourth-order valence-corrected chi connectivity index (χ4v) is 2.70. The van der Waals surface area contributed by atoms with Crippen molar-refractivity contribution in [3.8, 4) is 5.75 Å². The molecule has 1 heterocycles. The Kier molecular flexibility index (Phi) is 6.96. The van der Waals surface area contributed by atoms with E-state index in [1.807, 2.05) is 0 Å². The molecule has 2 rings (SSSR count). The van der Waals surface area contributed by atoms with Crippen LogP contribution in [0.25, 0.3) is 0 Å². The van der Waals surface area contributed by atoms with Gasteiger partial charge in [-0.15, -0.1) is 13.2 Å². The predicted octanol–water partition coefficient (Wildman–Crippen LogP) is 2.59. The van der Waals surface area contributed by atoms with Crippen LogP contribution >= 0.6 is 0 Å². The van der Waals surface area contributed by atoms with Gasteiger partial charge in [0.15, 0.2) is 6.10 Å². The van der Waals surface area contributed by atoms with Gasteiger partial charge in [-0.3, -0.25) is 9.59 Å². The molecule has 8 nitrogen and oxygen atoms in total. The first kappa shape index (κ1) is 23.5. The number of ether oxygens (including phenoxy) is 4. The third kappa shape index (κ3) is 6.61. The molecular formula is C19H22F3NO7. The number of morpholine rings is 1. The summed E-state index contributed by atoms with van der Waals surface area (Å²) in [6.07, 6.45) is -8.09. The Morgan fingerprint density at radius 1 is 1.23 bits per heavy atom. The second-order valence-electron chi connectivity index (χ2n) is 7.39. The number of esters is 2. The number of carbonyl (C=O) groups is 3. The molecule has 0 bridgehead atoms. The molecule has 0 radical (unpaired) electrons. The summed E-state index contributed by atoms with van der Waals surface area (Å²) >= 11 is 0. The summed E-state index contributed by atoms with van der Waals surface area (Å²) in [7, 11) is 0. The minimum Gasteiger partial charge on any atom is -0.457 e. The van der Waals surface area contributed by atoms with E-state index in [0.29, 0.717) is 0 Å². The van der Waals surface area contributed by atoms with Crippen LogP contribution in [0, 0.1) is 0 Å². The lowest BCUT2D eigenvalue weighted by atomic mass is 10.1. The predicted molar refractivity (Wildman–Crippen MR) is 96.6 cm³/mol. The Bertz CT molecular complexity index is 804. The van der Waals surface area contributed by atoms with Crippen LogP contribution in [0.3, 0.4) is 0 Å². The second-order valence-corrected chi connectivity index (χ2v) is 7.39. The van der Waals surface area contributed by atoms with E-state index in [4.69, 9.17) is 14.2 Å². The van der Waals surface area contributed by atoms with E-state index >= 15 is 0 Å². The minimum absolute atomic E-state index is 0.00587. The van der Waals surface area contributed by atoms with Crippen molar-refractivity contribution in [3.63, 3.8) is 0 Å². The van der Waals surface area contributed by atoms with Crippen molar-refractivity contribution in [1.29, 1.82) is 0 Å². The highest BCUT2D eigenvalue weighted by molar-refractivity contribution is 6.00. The smallest absolute Gasteiger partial charge is 0.457 e. The molecule has 0 spiro atoms. The summed E-state index contributed by atoms with van der Waals surface area (Å²) in [4.78, 5) is 38.0. The second kappa shape index (κ2) is 8.90. The van der Waals surface area contributed by atoms with E-state index in [-0.39, 0.29) is 18.8 Å². The van der Waals surface area contributed by atoms with Crippen LogP contribution in [-0.2, 0) is 28.6 Å². The monoisotopic (exact) mass is 433 g/mol. The highest BCUT2D eigenvalue weighted by Crippen LogP contribution is 2.29. The SMILES string of the molecule is CC(=O)O[C@@H](C(=O)OC(C)(C)C)[C@H]1OCCN(c2cccc(OC(F)(F)F)c2)C1=O. The van der Waals surface area contributed by atoms with E-state index in [9.17, 15) is 27.6 Å². The van der Waals surface area contributed by atoms with E-state index in [1.54, 1.807) is 20.8 Å². The average Bonchev–Trinajstić information content (AvgIpc) is 2.57. The van der Waals surface area contributed by atoms with Crippen molar-refractivity contribution in [2.75, 3.05) is 18.1 Å². The van der Waals surface area contributed by atoms with Gasteiger partial charge in [0.2, 0.25) is 6.10 Å². The normalized spacial score (nSPS) is 18.6. The highest BCUT2D eigenvalue weighted by Gasteiger charge is 2.44. The molecule has 166 valence electrons. The van der Waals surface area contributed by atoms with Crippen molar-refractivity contribution in [2.45, 2.75) is 51.9 Å². The van der Waals surface area contributed by atoms with Crippen molar-refractivity contribution in [3.05, 3.63) is 24.3 Å². The summed E-state index contributed by atoms with van der Waals surface area (Å²) in [5, 5.41) is 0. The van der Waals surface area contributed by atoms with Gasteiger partial charge in [-0.1, -0.05) is 6.07 Å².